The van der Waals surface area contributed by atoms with E-state index in [2.05, 4.69) is 10.3 Å². The Labute approximate surface area is 153 Å². The molecule has 3 aromatic rings. The fourth-order valence-electron chi connectivity index (χ4n) is 2.74. The molecule has 0 bridgehead atoms. The lowest BCUT2D eigenvalue weighted by atomic mass is 10.1. The van der Waals surface area contributed by atoms with Gasteiger partial charge in [-0.25, -0.2) is 4.98 Å². The maximum Gasteiger partial charge on any atom is 0.261 e. The Balaban J connectivity index is 1.56. The minimum absolute atomic E-state index is 0.245. The van der Waals surface area contributed by atoms with Crippen molar-refractivity contribution >= 4 is 34.2 Å². The van der Waals surface area contributed by atoms with E-state index in [0.29, 0.717) is 16.3 Å². The molecule has 26 heavy (non-hydrogen) atoms. The minimum Gasteiger partial charge on any atom is -0.298 e. The van der Waals surface area contributed by atoms with E-state index in [0.717, 1.165) is 16.2 Å². The van der Waals surface area contributed by atoms with E-state index >= 15 is 0 Å². The molecule has 0 saturated heterocycles. The number of rotatable bonds is 3. The van der Waals surface area contributed by atoms with Crippen molar-refractivity contribution in [3.8, 4) is 11.3 Å². The Kier molecular flexibility index (Phi) is 3.85. The zero-order valence-corrected chi connectivity index (χ0v) is 14.5. The number of carbonyl (C=O) groups excluding carboxylic acids is 3. The maximum atomic E-state index is 12.5. The van der Waals surface area contributed by atoms with Crippen LogP contribution in [0.1, 0.15) is 31.1 Å². The summed E-state index contributed by atoms with van der Waals surface area (Å²) in [5.74, 6) is -1.14. The lowest BCUT2D eigenvalue weighted by Gasteiger charge is -2.03. The zero-order chi connectivity index (χ0) is 18.3. The smallest absolute Gasteiger partial charge is 0.261 e. The van der Waals surface area contributed by atoms with E-state index in [1.54, 1.807) is 0 Å². The summed E-state index contributed by atoms with van der Waals surface area (Å²) in [7, 11) is 1.42. The van der Waals surface area contributed by atoms with Crippen LogP contribution < -0.4 is 5.32 Å². The van der Waals surface area contributed by atoms with Crippen LogP contribution in [0.15, 0.2) is 53.9 Å². The molecule has 2 heterocycles. The predicted molar refractivity (Wildman–Crippen MR) is 98.4 cm³/mol. The monoisotopic (exact) mass is 363 g/mol. The first-order chi connectivity index (χ1) is 12.5. The lowest BCUT2D eigenvalue weighted by molar-refractivity contribution is 0.0693. The van der Waals surface area contributed by atoms with Crippen LogP contribution in [0.4, 0.5) is 5.13 Å². The van der Waals surface area contributed by atoms with Gasteiger partial charge in [0.2, 0.25) is 0 Å². The zero-order valence-electron chi connectivity index (χ0n) is 13.7. The van der Waals surface area contributed by atoms with E-state index in [9.17, 15) is 14.4 Å². The first kappa shape index (κ1) is 16.2. The number of thiazole rings is 1. The van der Waals surface area contributed by atoms with Crippen molar-refractivity contribution in [2.45, 2.75) is 0 Å². The molecule has 0 atom stereocenters. The van der Waals surface area contributed by atoms with Gasteiger partial charge in [-0.15, -0.1) is 11.3 Å². The van der Waals surface area contributed by atoms with Gasteiger partial charge in [0.05, 0.1) is 16.8 Å². The van der Waals surface area contributed by atoms with Crippen molar-refractivity contribution in [2.75, 3.05) is 12.4 Å². The number of nitrogens with one attached hydrogen (secondary N) is 1. The van der Waals surface area contributed by atoms with Crippen molar-refractivity contribution in [1.82, 2.24) is 9.88 Å². The highest BCUT2D eigenvalue weighted by atomic mass is 32.1. The Morgan fingerprint density at radius 1 is 1.04 bits per heavy atom. The molecule has 2 aromatic carbocycles. The molecule has 4 rings (SSSR count). The van der Waals surface area contributed by atoms with Gasteiger partial charge in [-0.1, -0.05) is 30.3 Å². The third-order valence-electron chi connectivity index (χ3n) is 4.15. The fourth-order valence-corrected chi connectivity index (χ4v) is 3.46. The van der Waals surface area contributed by atoms with Gasteiger partial charge >= 0.3 is 0 Å². The van der Waals surface area contributed by atoms with E-state index in [1.807, 2.05) is 35.7 Å². The molecule has 1 aliphatic heterocycles. The quantitative estimate of drug-likeness (QED) is 0.724. The van der Waals surface area contributed by atoms with Gasteiger partial charge in [-0.05, 0) is 18.2 Å². The molecule has 0 spiro atoms. The fraction of sp³-hybridized carbons (Fsp3) is 0.0526. The molecular weight excluding hydrogens is 350 g/mol. The summed E-state index contributed by atoms with van der Waals surface area (Å²) in [6.07, 6.45) is 0. The van der Waals surface area contributed by atoms with Crippen molar-refractivity contribution in [2.24, 2.45) is 0 Å². The molecular formula is C19H13N3O3S. The summed E-state index contributed by atoms with van der Waals surface area (Å²) in [5.41, 5.74) is 2.61. The van der Waals surface area contributed by atoms with Gasteiger partial charge in [-0.3, -0.25) is 24.6 Å². The van der Waals surface area contributed by atoms with Crippen LogP contribution >= 0.6 is 11.3 Å². The Bertz CT molecular complexity index is 1040. The van der Waals surface area contributed by atoms with Gasteiger partial charge in [-0.2, -0.15) is 0 Å². The highest BCUT2D eigenvalue weighted by molar-refractivity contribution is 7.14. The number of carbonyl (C=O) groups is 3. The van der Waals surface area contributed by atoms with Crippen LogP contribution in [0.25, 0.3) is 11.3 Å². The Hall–Kier alpha value is -3.32. The van der Waals surface area contributed by atoms with E-state index in [4.69, 9.17) is 0 Å². The van der Waals surface area contributed by atoms with Crippen LogP contribution in [0.5, 0.6) is 0 Å². The van der Waals surface area contributed by atoms with Crippen molar-refractivity contribution in [3.63, 3.8) is 0 Å². The van der Waals surface area contributed by atoms with Crippen molar-refractivity contribution < 1.29 is 14.4 Å². The van der Waals surface area contributed by atoms with Crippen molar-refractivity contribution in [1.29, 1.82) is 0 Å². The molecule has 1 aliphatic rings. The third-order valence-corrected chi connectivity index (χ3v) is 4.90. The minimum atomic E-state index is -0.403. The van der Waals surface area contributed by atoms with Gasteiger partial charge in [0.15, 0.2) is 5.13 Å². The summed E-state index contributed by atoms with van der Waals surface area (Å²) in [5, 5.41) is 5.07. The molecule has 128 valence electrons. The summed E-state index contributed by atoms with van der Waals surface area (Å²) >= 11 is 1.32. The number of amides is 3. The first-order valence-corrected chi connectivity index (χ1v) is 8.71. The first-order valence-electron chi connectivity index (χ1n) is 7.83. The number of benzene rings is 2. The largest absolute Gasteiger partial charge is 0.298 e. The van der Waals surface area contributed by atoms with E-state index in [-0.39, 0.29) is 17.4 Å². The molecule has 3 amide bonds. The Morgan fingerprint density at radius 3 is 2.54 bits per heavy atom. The topological polar surface area (TPSA) is 79.4 Å². The summed E-state index contributed by atoms with van der Waals surface area (Å²) in [4.78, 5) is 41.9. The highest BCUT2D eigenvalue weighted by Crippen LogP contribution is 2.26. The molecule has 0 saturated carbocycles. The van der Waals surface area contributed by atoms with Crippen LogP contribution in [-0.4, -0.2) is 34.7 Å². The number of aromatic nitrogens is 1. The van der Waals surface area contributed by atoms with Gasteiger partial charge < -0.3 is 0 Å². The van der Waals surface area contributed by atoms with Crippen LogP contribution in [-0.2, 0) is 0 Å². The second-order valence-corrected chi connectivity index (χ2v) is 6.65. The third kappa shape index (κ3) is 2.68. The standard InChI is InChI=1S/C19H13N3O3S/c1-22-17(24)13-8-7-12(9-14(13)18(22)25)16(23)21-19-20-15(10-26-19)11-5-3-2-4-6-11/h2-10H,1H3,(H,20,21,23). The molecule has 7 heteroatoms. The molecule has 0 fully saturated rings. The normalized spacial score (nSPS) is 13.0. The van der Waals surface area contributed by atoms with Crippen LogP contribution in [0.2, 0.25) is 0 Å². The number of hydrogen-bond acceptors (Lipinski definition) is 5. The number of nitrogens with zero attached hydrogens (tertiary/aromatic N) is 2. The second kappa shape index (κ2) is 6.20. The van der Waals surface area contributed by atoms with E-state index in [1.165, 1.54) is 36.6 Å². The van der Waals surface area contributed by atoms with Crippen LogP contribution in [0.3, 0.4) is 0 Å². The average Bonchev–Trinajstić information content (AvgIpc) is 3.22. The second-order valence-electron chi connectivity index (χ2n) is 5.79. The molecule has 6 nitrogen and oxygen atoms in total. The molecule has 1 aromatic heterocycles. The molecule has 1 N–H and O–H groups in total. The van der Waals surface area contributed by atoms with E-state index < -0.39 is 5.91 Å². The highest BCUT2D eigenvalue weighted by Gasteiger charge is 2.33. The number of anilines is 1. The summed E-state index contributed by atoms with van der Waals surface area (Å²) in [6, 6.07) is 14.1. The summed E-state index contributed by atoms with van der Waals surface area (Å²) < 4.78 is 0. The average molecular weight is 363 g/mol. The summed E-state index contributed by atoms with van der Waals surface area (Å²) in [6.45, 7) is 0. The van der Waals surface area contributed by atoms with Gasteiger partial charge in [0.25, 0.3) is 17.7 Å². The van der Waals surface area contributed by atoms with Gasteiger partial charge in [0, 0.05) is 23.6 Å². The van der Waals surface area contributed by atoms with Crippen LogP contribution in [0, 0.1) is 0 Å². The predicted octanol–water partition coefficient (Wildman–Crippen LogP) is 3.29. The van der Waals surface area contributed by atoms with Crippen molar-refractivity contribution in [3.05, 3.63) is 70.6 Å². The molecule has 0 radical (unpaired) electrons. The molecule has 0 aliphatic carbocycles. The maximum absolute atomic E-state index is 12.5. The van der Waals surface area contributed by atoms with Gasteiger partial charge in [0.1, 0.15) is 0 Å². The molecule has 0 unspecified atom stereocenters. The number of fused-ring (bicyclic) bond motifs is 1. The SMILES string of the molecule is CN1C(=O)c2ccc(C(=O)Nc3nc(-c4ccccc4)cs3)cc2C1=O. The lowest BCUT2D eigenvalue weighted by Crippen LogP contribution is -2.24. The number of hydrogen-bond donors (Lipinski definition) is 1. The number of imide groups is 1. The Morgan fingerprint density at radius 2 is 1.77 bits per heavy atom.